The van der Waals surface area contributed by atoms with E-state index in [1.807, 2.05) is 67.6 Å². The standard InChI is InChI=1S/C23H23N3O2S/c1-16(29-23-24-20-15-9-8-14-19(20)21(27)25-23)22(28)26(17-10-4-2-5-11-17)18-12-6-3-7-13-18/h2-7,10-13,16H,8-9,14-15H2,1H3,(H,24,25,27). The van der Waals surface area contributed by atoms with E-state index in [9.17, 15) is 9.59 Å². The van der Waals surface area contributed by atoms with E-state index in [1.165, 1.54) is 11.8 Å². The van der Waals surface area contributed by atoms with E-state index in [-0.39, 0.29) is 11.5 Å². The highest BCUT2D eigenvalue weighted by atomic mass is 32.2. The molecule has 148 valence electrons. The van der Waals surface area contributed by atoms with Crippen molar-refractivity contribution in [2.24, 2.45) is 0 Å². The first kappa shape index (κ1) is 19.5. The Morgan fingerprint density at radius 3 is 2.21 bits per heavy atom. The molecule has 3 aromatic rings. The Hall–Kier alpha value is -2.86. The number of benzene rings is 2. The van der Waals surface area contributed by atoms with Crippen LogP contribution in [0.3, 0.4) is 0 Å². The van der Waals surface area contributed by atoms with Gasteiger partial charge in [0.05, 0.1) is 10.9 Å². The minimum atomic E-state index is -0.416. The number of amides is 1. The molecular weight excluding hydrogens is 382 g/mol. The minimum absolute atomic E-state index is 0.0623. The smallest absolute Gasteiger partial charge is 0.254 e. The van der Waals surface area contributed by atoms with Crippen molar-refractivity contribution in [1.29, 1.82) is 0 Å². The summed E-state index contributed by atoms with van der Waals surface area (Å²) in [7, 11) is 0. The quantitative estimate of drug-likeness (QED) is 0.502. The SMILES string of the molecule is CC(Sc1nc2c(c(=O)[nH]1)CCCC2)C(=O)N(c1ccccc1)c1ccccc1. The van der Waals surface area contributed by atoms with Gasteiger partial charge in [0, 0.05) is 16.9 Å². The van der Waals surface area contributed by atoms with Crippen LogP contribution in [0.15, 0.2) is 70.6 Å². The first-order chi connectivity index (χ1) is 14.1. The van der Waals surface area contributed by atoms with Crippen LogP contribution < -0.4 is 10.5 Å². The molecule has 0 radical (unpaired) electrons. The molecule has 1 N–H and O–H groups in total. The summed E-state index contributed by atoms with van der Waals surface area (Å²) in [5.41, 5.74) is 3.23. The van der Waals surface area contributed by atoms with Gasteiger partial charge in [-0.3, -0.25) is 14.5 Å². The predicted octanol–water partition coefficient (Wildman–Crippen LogP) is 4.49. The molecule has 1 amide bonds. The lowest BCUT2D eigenvalue weighted by Gasteiger charge is -2.26. The Balaban J connectivity index is 1.61. The third kappa shape index (κ3) is 4.27. The Bertz CT molecular complexity index is 1010. The fraction of sp³-hybridized carbons (Fsp3) is 0.261. The monoisotopic (exact) mass is 405 g/mol. The molecule has 0 saturated carbocycles. The molecule has 6 heteroatoms. The summed E-state index contributed by atoms with van der Waals surface area (Å²) in [6, 6.07) is 19.2. The molecule has 1 aliphatic carbocycles. The van der Waals surface area contributed by atoms with Crippen molar-refractivity contribution < 1.29 is 4.79 Å². The number of H-pyrrole nitrogens is 1. The first-order valence-corrected chi connectivity index (χ1v) is 10.7. The number of hydrogen-bond acceptors (Lipinski definition) is 4. The summed E-state index contributed by atoms with van der Waals surface area (Å²) in [5.74, 6) is -0.0623. The third-order valence-corrected chi connectivity index (χ3v) is 6.03. The molecule has 1 heterocycles. The molecular formula is C23H23N3O2S. The molecule has 5 nitrogen and oxygen atoms in total. The second-order valence-corrected chi connectivity index (χ2v) is 8.44. The van der Waals surface area contributed by atoms with Gasteiger partial charge in [-0.1, -0.05) is 48.2 Å². The highest BCUT2D eigenvalue weighted by Crippen LogP contribution is 2.30. The molecule has 1 atom stereocenters. The van der Waals surface area contributed by atoms with Gasteiger partial charge in [-0.25, -0.2) is 4.98 Å². The van der Waals surface area contributed by atoms with E-state index in [0.29, 0.717) is 5.16 Å². The Kier molecular flexibility index (Phi) is 5.81. The average Bonchev–Trinajstić information content (AvgIpc) is 2.75. The van der Waals surface area contributed by atoms with Crippen molar-refractivity contribution in [3.8, 4) is 0 Å². The van der Waals surface area contributed by atoms with Gasteiger partial charge in [-0.15, -0.1) is 0 Å². The minimum Gasteiger partial charge on any atom is -0.301 e. The van der Waals surface area contributed by atoms with Gasteiger partial charge >= 0.3 is 0 Å². The van der Waals surface area contributed by atoms with E-state index in [2.05, 4.69) is 9.97 Å². The number of aromatic nitrogens is 2. The maximum Gasteiger partial charge on any atom is 0.254 e. The number of carbonyl (C=O) groups excluding carboxylic acids is 1. The van der Waals surface area contributed by atoms with Gasteiger partial charge in [0.15, 0.2) is 5.16 Å². The number of aryl methyl sites for hydroxylation is 1. The molecule has 1 aliphatic rings. The molecule has 29 heavy (non-hydrogen) atoms. The number of anilines is 2. The molecule has 0 fully saturated rings. The second-order valence-electron chi connectivity index (χ2n) is 7.11. The van der Waals surface area contributed by atoms with E-state index in [0.717, 1.165) is 48.3 Å². The fourth-order valence-corrected chi connectivity index (χ4v) is 4.45. The van der Waals surface area contributed by atoms with Crippen molar-refractivity contribution in [3.05, 3.63) is 82.3 Å². The number of carbonyl (C=O) groups is 1. The summed E-state index contributed by atoms with van der Waals surface area (Å²) in [5, 5.41) is 0.0952. The van der Waals surface area contributed by atoms with E-state index in [4.69, 9.17) is 0 Å². The second kappa shape index (κ2) is 8.66. The van der Waals surface area contributed by atoms with E-state index in [1.54, 1.807) is 4.90 Å². The molecule has 0 saturated heterocycles. The van der Waals surface area contributed by atoms with Gasteiger partial charge in [-0.05, 0) is 56.9 Å². The van der Waals surface area contributed by atoms with E-state index >= 15 is 0 Å². The number of hydrogen-bond donors (Lipinski definition) is 1. The summed E-state index contributed by atoms with van der Waals surface area (Å²) in [6.07, 6.45) is 3.70. The van der Waals surface area contributed by atoms with Crippen LogP contribution in [0.1, 0.15) is 31.0 Å². The highest BCUT2D eigenvalue weighted by Gasteiger charge is 2.26. The number of fused-ring (bicyclic) bond motifs is 1. The highest BCUT2D eigenvalue weighted by molar-refractivity contribution is 8.00. The number of rotatable bonds is 5. The van der Waals surface area contributed by atoms with Crippen LogP contribution in [0.4, 0.5) is 11.4 Å². The van der Waals surface area contributed by atoms with Crippen LogP contribution in [0.2, 0.25) is 0 Å². The maximum absolute atomic E-state index is 13.4. The summed E-state index contributed by atoms with van der Waals surface area (Å²) in [6.45, 7) is 1.85. The zero-order chi connectivity index (χ0) is 20.2. The largest absolute Gasteiger partial charge is 0.301 e. The lowest BCUT2D eigenvalue weighted by molar-refractivity contribution is -0.117. The zero-order valence-corrected chi connectivity index (χ0v) is 17.1. The van der Waals surface area contributed by atoms with Gasteiger partial charge in [0.1, 0.15) is 0 Å². The lowest BCUT2D eigenvalue weighted by Crippen LogP contribution is -2.33. The Morgan fingerprint density at radius 1 is 1.00 bits per heavy atom. The van der Waals surface area contributed by atoms with Crippen LogP contribution in [0.5, 0.6) is 0 Å². The van der Waals surface area contributed by atoms with Crippen LogP contribution in [-0.4, -0.2) is 21.1 Å². The predicted molar refractivity (Wildman–Crippen MR) is 117 cm³/mol. The van der Waals surface area contributed by atoms with Crippen molar-refractivity contribution in [1.82, 2.24) is 9.97 Å². The molecule has 4 rings (SSSR count). The number of thioether (sulfide) groups is 1. The van der Waals surface area contributed by atoms with Crippen molar-refractivity contribution in [3.63, 3.8) is 0 Å². The zero-order valence-electron chi connectivity index (χ0n) is 16.3. The maximum atomic E-state index is 13.4. The van der Waals surface area contributed by atoms with Gasteiger partial charge in [0.25, 0.3) is 5.56 Å². The molecule has 1 unspecified atom stereocenters. The van der Waals surface area contributed by atoms with Crippen molar-refractivity contribution in [2.45, 2.75) is 43.0 Å². The fourth-order valence-electron chi connectivity index (χ4n) is 3.59. The van der Waals surface area contributed by atoms with Crippen LogP contribution >= 0.6 is 11.8 Å². The van der Waals surface area contributed by atoms with Gasteiger partial charge in [-0.2, -0.15) is 0 Å². The van der Waals surface area contributed by atoms with Gasteiger partial charge < -0.3 is 4.98 Å². The molecule has 0 aliphatic heterocycles. The molecule has 2 aromatic carbocycles. The van der Waals surface area contributed by atoms with Crippen LogP contribution in [-0.2, 0) is 17.6 Å². The Labute approximate surface area is 174 Å². The molecule has 1 aromatic heterocycles. The first-order valence-electron chi connectivity index (χ1n) is 9.86. The number of nitrogens with one attached hydrogen (secondary N) is 1. The molecule has 0 bridgehead atoms. The van der Waals surface area contributed by atoms with Crippen LogP contribution in [0.25, 0.3) is 0 Å². The topological polar surface area (TPSA) is 66.1 Å². The number of nitrogens with zero attached hydrogens (tertiary/aromatic N) is 2. The van der Waals surface area contributed by atoms with Gasteiger partial charge in [0.2, 0.25) is 5.91 Å². The number of para-hydroxylation sites is 2. The Morgan fingerprint density at radius 2 is 1.59 bits per heavy atom. The van der Waals surface area contributed by atoms with E-state index < -0.39 is 5.25 Å². The van der Waals surface area contributed by atoms with Crippen molar-refractivity contribution in [2.75, 3.05) is 4.90 Å². The summed E-state index contributed by atoms with van der Waals surface area (Å²) >= 11 is 1.30. The summed E-state index contributed by atoms with van der Waals surface area (Å²) < 4.78 is 0. The summed E-state index contributed by atoms with van der Waals surface area (Å²) in [4.78, 5) is 35.0. The number of aromatic amines is 1. The van der Waals surface area contributed by atoms with Crippen LogP contribution in [0, 0.1) is 0 Å². The normalized spacial score (nSPS) is 14.1. The third-order valence-electron chi connectivity index (χ3n) is 5.06. The average molecular weight is 406 g/mol. The van der Waals surface area contributed by atoms with Crippen molar-refractivity contribution >= 4 is 29.0 Å². The lowest BCUT2D eigenvalue weighted by atomic mass is 9.97. The molecule has 0 spiro atoms.